The Kier molecular flexibility index (Phi) is 5.02. The summed E-state index contributed by atoms with van der Waals surface area (Å²) in [5.41, 5.74) is 0.304. The van der Waals surface area contributed by atoms with E-state index in [4.69, 9.17) is 11.6 Å². The van der Waals surface area contributed by atoms with E-state index in [1.807, 2.05) is 0 Å². The highest BCUT2D eigenvalue weighted by Gasteiger charge is 2.21. The molecule has 1 aliphatic carbocycles. The number of pyridine rings is 1. The van der Waals surface area contributed by atoms with Gasteiger partial charge in [-0.25, -0.2) is 4.98 Å². The molecular formula is C14H20ClN3O. The Morgan fingerprint density at radius 1 is 1.42 bits per heavy atom. The molecule has 1 aliphatic rings. The maximum Gasteiger partial charge on any atom is 0.271 e. The monoisotopic (exact) mass is 281 g/mol. The van der Waals surface area contributed by atoms with Crippen LogP contribution in [0.1, 0.15) is 43.1 Å². The summed E-state index contributed by atoms with van der Waals surface area (Å²) < 4.78 is 0. The molecule has 0 aromatic carbocycles. The van der Waals surface area contributed by atoms with Gasteiger partial charge in [0.1, 0.15) is 11.5 Å². The molecule has 1 aromatic heterocycles. The van der Waals surface area contributed by atoms with Gasteiger partial charge >= 0.3 is 0 Å². The summed E-state index contributed by atoms with van der Waals surface area (Å²) in [5, 5.41) is 6.43. The SMILES string of the molecule is CCCNc1ccc(Cl)c(C(=O)NCCC2CC2)n1. The highest BCUT2D eigenvalue weighted by atomic mass is 35.5. The fourth-order valence-corrected chi connectivity index (χ4v) is 2.02. The van der Waals surface area contributed by atoms with Crippen molar-refractivity contribution in [3.8, 4) is 0 Å². The van der Waals surface area contributed by atoms with Crippen molar-refractivity contribution in [1.29, 1.82) is 0 Å². The minimum absolute atomic E-state index is 0.189. The summed E-state index contributed by atoms with van der Waals surface area (Å²) in [6.07, 6.45) is 4.65. The van der Waals surface area contributed by atoms with Crippen LogP contribution in [0.25, 0.3) is 0 Å². The molecule has 1 aromatic rings. The van der Waals surface area contributed by atoms with Crippen LogP contribution >= 0.6 is 11.6 Å². The van der Waals surface area contributed by atoms with E-state index in [9.17, 15) is 4.79 Å². The molecule has 104 valence electrons. The van der Waals surface area contributed by atoms with Crippen molar-refractivity contribution in [2.24, 2.45) is 5.92 Å². The summed E-state index contributed by atoms with van der Waals surface area (Å²) >= 11 is 6.03. The number of carbonyl (C=O) groups excluding carboxylic acids is 1. The van der Waals surface area contributed by atoms with Gasteiger partial charge in [-0.15, -0.1) is 0 Å². The van der Waals surface area contributed by atoms with Gasteiger partial charge in [0.15, 0.2) is 0 Å². The van der Waals surface area contributed by atoms with Crippen LogP contribution in [-0.4, -0.2) is 24.0 Å². The van der Waals surface area contributed by atoms with Crippen LogP contribution in [0.5, 0.6) is 0 Å². The van der Waals surface area contributed by atoms with E-state index in [0.717, 1.165) is 25.3 Å². The van der Waals surface area contributed by atoms with Crippen molar-refractivity contribution in [3.05, 3.63) is 22.8 Å². The predicted octanol–water partition coefficient (Wildman–Crippen LogP) is 3.09. The van der Waals surface area contributed by atoms with Gasteiger partial charge in [-0.3, -0.25) is 4.79 Å². The first kappa shape index (κ1) is 14.1. The Hall–Kier alpha value is -1.29. The molecule has 0 aliphatic heterocycles. The topological polar surface area (TPSA) is 54.0 Å². The fraction of sp³-hybridized carbons (Fsp3) is 0.571. The number of nitrogens with zero attached hydrogens (tertiary/aromatic N) is 1. The van der Waals surface area contributed by atoms with Crippen LogP contribution in [0.15, 0.2) is 12.1 Å². The zero-order valence-corrected chi connectivity index (χ0v) is 12.0. The van der Waals surface area contributed by atoms with Gasteiger partial charge < -0.3 is 10.6 Å². The molecule has 2 N–H and O–H groups in total. The van der Waals surface area contributed by atoms with Crippen LogP contribution in [-0.2, 0) is 0 Å². The normalized spacial score (nSPS) is 14.2. The van der Waals surface area contributed by atoms with Gasteiger partial charge in [-0.1, -0.05) is 31.4 Å². The molecule has 0 radical (unpaired) electrons. The second-order valence-electron chi connectivity index (χ2n) is 4.94. The van der Waals surface area contributed by atoms with Crippen LogP contribution in [0, 0.1) is 5.92 Å². The molecule has 0 spiro atoms. The number of carbonyl (C=O) groups is 1. The molecule has 1 fully saturated rings. The number of anilines is 1. The molecular weight excluding hydrogens is 262 g/mol. The van der Waals surface area contributed by atoms with Gasteiger partial charge in [-0.05, 0) is 30.9 Å². The zero-order valence-electron chi connectivity index (χ0n) is 11.2. The third kappa shape index (κ3) is 4.39. The quantitative estimate of drug-likeness (QED) is 0.807. The van der Waals surface area contributed by atoms with Crippen molar-refractivity contribution in [3.63, 3.8) is 0 Å². The number of rotatable bonds is 7. The van der Waals surface area contributed by atoms with Crippen molar-refractivity contribution >= 4 is 23.3 Å². The van der Waals surface area contributed by atoms with E-state index in [0.29, 0.717) is 23.1 Å². The van der Waals surface area contributed by atoms with E-state index in [-0.39, 0.29) is 5.91 Å². The standard InChI is InChI=1S/C14H20ClN3O/c1-2-8-16-12-6-5-11(15)13(18-12)14(19)17-9-7-10-3-4-10/h5-6,10H,2-4,7-9H2,1H3,(H,16,18)(H,17,19). The number of hydrogen-bond donors (Lipinski definition) is 2. The smallest absolute Gasteiger partial charge is 0.271 e. The van der Waals surface area contributed by atoms with E-state index in [1.54, 1.807) is 12.1 Å². The van der Waals surface area contributed by atoms with E-state index < -0.39 is 0 Å². The number of nitrogens with one attached hydrogen (secondary N) is 2. The lowest BCUT2D eigenvalue weighted by atomic mass is 10.3. The van der Waals surface area contributed by atoms with Gasteiger partial charge in [0.25, 0.3) is 5.91 Å². The third-order valence-electron chi connectivity index (χ3n) is 3.15. The summed E-state index contributed by atoms with van der Waals surface area (Å²) in [6, 6.07) is 3.50. The van der Waals surface area contributed by atoms with E-state index in [1.165, 1.54) is 12.8 Å². The first-order chi connectivity index (χ1) is 9.20. The highest BCUT2D eigenvalue weighted by molar-refractivity contribution is 6.33. The molecule has 0 bridgehead atoms. The minimum Gasteiger partial charge on any atom is -0.370 e. The van der Waals surface area contributed by atoms with Crippen molar-refractivity contribution in [2.75, 3.05) is 18.4 Å². The zero-order chi connectivity index (χ0) is 13.7. The number of halogens is 1. The molecule has 0 unspecified atom stereocenters. The van der Waals surface area contributed by atoms with Gasteiger partial charge in [-0.2, -0.15) is 0 Å². The molecule has 0 saturated heterocycles. The lowest BCUT2D eigenvalue weighted by Gasteiger charge is -2.09. The summed E-state index contributed by atoms with van der Waals surface area (Å²) in [7, 11) is 0. The maximum atomic E-state index is 12.0. The molecule has 1 heterocycles. The molecule has 4 nitrogen and oxygen atoms in total. The first-order valence-electron chi connectivity index (χ1n) is 6.89. The molecule has 1 saturated carbocycles. The van der Waals surface area contributed by atoms with Gasteiger partial charge in [0.2, 0.25) is 0 Å². The summed E-state index contributed by atoms with van der Waals surface area (Å²) in [5.74, 6) is 1.31. The predicted molar refractivity (Wildman–Crippen MR) is 77.7 cm³/mol. The van der Waals surface area contributed by atoms with Gasteiger partial charge in [0, 0.05) is 13.1 Å². The average molecular weight is 282 g/mol. The molecule has 5 heteroatoms. The largest absolute Gasteiger partial charge is 0.370 e. The number of amides is 1. The van der Waals surface area contributed by atoms with Crippen LogP contribution in [0.3, 0.4) is 0 Å². The Morgan fingerprint density at radius 3 is 2.89 bits per heavy atom. The second-order valence-corrected chi connectivity index (χ2v) is 5.35. The van der Waals surface area contributed by atoms with Crippen LogP contribution in [0.2, 0.25) is 5.02 Å². The average Bonchev–Trinajstić information content (AvgIpc) is 3.21. The Morgan fingerprint density at radius 2 is 2.21 bits per heavy atom. The van der Waals surface area contributed by atoms with E-state index >= 15 is 0 Å². The Bertz CT molecular complexity index is 446. The van der Waals surface area contributed by atoms with Crippen LogP contribution in [0.4, 0.5) is 5.82 Å². The fourth-order valence-electron chi connectivity index (χ4n) is 1.83. The van der Waals surface area contributed by atoms with Gasteiger partial charge in [0.05, 0.1) is 5.02 Å². The van der Waals surface area contributed by atoms with E-state index in [2.05, 4.69) is 22.5 Å². The Labute approximate surface area is 118 Å². The van der Waals surface area contributed by atoms with Crippen molar-refractivity contribution in [1.82, 2.24) is 10.3 Å². The molecule has 2 rings (SSSR count). The van der Waals surface area contributed by atoms with Crippen LogP contribution < -0.4 is 10.6 Å². The lowest BCUT2D eigenvalue weighted by molar-refractivity contribution is 0.0948. The maximum absolute atomic E-state index is 12.0. The molecule has 0 atom stereocenters. The summed E-state index contributed by atoms with van der Waals surface area (Å²) in [4.78, 5) is 16.3. The van der Waals surface area contributed by atoms with Crippen molar-refractivity contribution in [2.45, 2.75) is 32.6 Å². The Balaban J connectivity index is 1.93. The highest BCUT2D eigenvalue weighted by Crippen LogP contribution is 2.31. The number of hydrogen-bond acceptors (Lipinski definition) is 3. The number of aromatic nitrogens is 1. The second kappa shape index (κ2) is 6.75. The molecule has 1 amide bonds. The van der Waals surface area contributed by atoms with Crippen molar-refractivity contribution < 1.29 is 4.79 Å². The summed E-state index contributed by atoms with van der Waals surface area (Å²) in [6.45, 7) is 3.61. The third-order valence-corrected chi connectivity index (χ3v) is 3.46. The first-order valence-corrected chi connectivity index (χ1v) is 7.27. The minimum atomic E-state index is -0.189. The molecule has 19 heavy (non-hydrogen) atoms. The lowest BCUT2D eigenvalue weighted by Crippen LogP contribution is -2.26.